The van der Waals surface area contributed by atoms with E-state index in [1.54, 1.807) is 0 Å². The highest BCUT2D eigenvalue weighted by Crippen LogP contribution is 2.22. The van der Waals surface area contributed by atoms with Crippen LogP contribution in [0, 0.1) is 0 Å². The Morgan fingerprint density at radius 1 is 1.00 bits per heavy atom. The third-order valence-corrected chi connectivity index (χ3v) is 2.77. The third kappa shape index (κ3) is 3.88. The average Bonchev–Trinajstić information content (AvgIpc) is 2.47. The minimum atomic E-state index is 0.00583. The fourth-order valence-electron chi connectivity index (χ4n) is 1.79. The van der Waals surface area contributed by atoms with Gasteiger partial charge in [0.15, 0.2) is 0 Å². The van der Waals surface area contributed by atoms with Crippen molar-refractivity contribution in [3.05, 3.63) is 67.4 Å². The van der Waals surface area contributed by atoms with Crippen molar-refractivity contribution in [3.8, 4) is 16.9 Å². The summed E-state index contributed by atoms with van der Waals surface area (Å²) >= 11 is 0. The third-order valence-electron chi connectivity index (χ3n) is 2.77. The fourth-order valence-corrected chi connectivity index (χ4v) is 1.79. The van der Waals surface area contributed by atoms with Crippen LogP contribution in [0.2, 0.25) is 0 Å². The molecule has 2 heteroatoms. The first kappa shape index (κ1) is 13.2. The van der Waals surface area contributed by atoms with E-state index in [1.807, 2.05) is 37.3 Å². The normalized spacial score (nSPS) is 11.6. The minimum absolute atomic E-state index is 0.00583. The van der Waals surface area contributed by atoms with Crippen LogP contribution in [0.1, 0.15) is 6.92 Å². The Bertz CT molecular complexity index is 503. The Labute approximate surface area is 114 Å². The predicted octanol–water partition coefficient (Wildman–Crippen LogP) is 4.28. The van der Waals surface area contributed by atoms with Gasteiger partial charge in [0.1, 0.15) is 18.5 Å². The van der Waals surface area contributed by atoms with Gasteiger partial charge in [-0.15, -0.1) is 0 Å². The number of hydrogen-bond acceptors (Lipinski definition) is 2. The van der Waals surface area contributed by atoms with Crippen LogP contribution < -0.4 is 4.74 Å². The zero-order valence-corrected chi connectivity index (χ0v) is 11.1. The smallest absolute Gasteiger partial charge is 0.129 e. The van der Waals surface area contributed by atoms with Crippen LogP contribution in [0.5, 0.6) is 5.75 Å². The Morgan fingerprint density at radius 3 is 2.26 bits per heavy atom. The molecular weight excluding hydrogens is 236 g/mol. The molecule has 0 aromatic heterocycles. The van der Waals surface area contributed by atoms with Crippen LogP contribution in [-0.2, 0) is 4.74 Å². The van der Waals surface area contributed by atoms with Crippen molar-refractivity contribution < 1.29 is 9.47 Å². The lowest BCUT2D eigenvalue weighted by atomic mass is 10.1. The first-order valence-corrected chi connectivity index (χ1v) is 6.34. The van der Waals surface area contributed by atoms with Crippen molar-refractivity contribution in [2.45, 2.75) is 13.0 Å². The summed E-state index contributed by atoms with van der Waals surface area (Å²) in [5.41, 5.74) is 2.39. The zero-order valence-electron chi connectivity index (χ0n) is 11.1. The first-order valence-electron chi connectivity index (χ1n) is 6.34. The largest absolute Gasteiger partial charge is 0.495 e. The van der Waals surface area contributed by atoms with E-state index in [2.05, 4.69) is 30.8 Å². The topological polar surface area (TPSA) is 18.5 Å². The summed E-state index contributed by atoms with van der Waals surface area (Å²) < 4.78 is 10.8. The van der Waals surface area contributed by atoms with Crippen molar-refractivity contribution in [3.63, 3.8) is 0 Å². The van der Waals surface area contributed by atoms with Crippen LogP contribution in [0.4, 0.5) is 0 Å². The molecule has 0 saturated heterocycles. The molecule has 0 aliphatic rings. The Kier molecular flexibility index (Phi) is 4.62. The molecule has 1 unspecified atom stereocenters. The van der Waals surface area contributed by atoms with Crippen LogP contribution in [0.15, 0.2) is 67.4 Å². The summed E-state index contributed by atoms with van der Waals surface area (Å²) in [4.78, 5) is 0. The molecule has 0 radical (unpaired) electrons. The molecule has 0 amide bonds. The van der Waals surface area contributed by atoms with Gasteiger partial charge in [0.2, 0.25) is 0 Å². The standard InChI is InChI=1S/C17H18O2/c1-3-18-14(2)13-19-17-11-9-16(10-12-17)15-7-5-4-6-8-15/h3-12,14H,1,13H2,2H3. The molecule has 0 saturated carbocycles. The lowest BCUT2D eigenvalue weighted by Gasteiger charge is -2.12. The molecule has 0 aliphatic carbocycles. The number of benzene rings is 2. The van der Waals surface area contributed by atoms with Crippen molar-refractivity contribution in [1.82, 2.24) is 0 Å². The molecule has 0 heterocycles. The molecule has 0 bridgehead atoms. The van der Waals surface area contributed by atoms with Crippen LogP contribution >= 0.6 is 0 Å². The van der Waals surface area contributed by atoms with Gasteiger partial charge in [0.05, 0.1) is 6.26 Å². The Hall–Kier alpha value is -2.22. The maximum Gasteiger partial charge on any atom is 0.129 e. The molecule has 1 atom stereocenters. The van der Waals surface area contributed by atoms with Gasteiger partial charge in [0.25, 0.3) is 0 Å². The number of ether oxygens (including phenoxy) is 2. The molecule has 0 fully saturated rings. The van der Waals surface area contributed by atoms with Gasteiger partial charge in [-0.05, 0) is 30.2 Å². The van der Waals surface area contributed by atoms with E-state index in [1.165, 1.54) is 17.4 Å². The van der Waals surface area contributed by atoms with E-state index in [-0.39, 0.29) is 6.10 Å². The number of hydrogen-bond donors (Lipinski definition) is 0. The summed E-state index contributed by atoms with van der Waals surface area (Å²) in [6.07, 6.45) is 1.44. The van der Waals surface area contributed by atoms with Gasteiger partial charge in [-0.25, -0.2) is 0 Å². The summed E-state index contributed by atoms with van der Waals surface area (Å²) in [6, 6.07) is 18.3. The average molecular weight is 254 g/mol. The van der Waals surface area contributed by atoms with E-state index in [4.69, 9.17) is 9.47 Å². The second-order valence-electron chi connectivity index (χ2n) is 4.31. The molecule has 19 heavy (non-hydrogen) atoms. The van der Waals surface area contributed by atoms with E-state index in [9.17, 15) is 0 Å². The van der Waals surface area contributed by atoms with Gasteiger partial charge in [-0.1, -0.05) is 49.0 Å². The van der Waals surface area contributed by atoms with Gasteiger partial charge < -0.3 is 9.47 Å². The Morgan fingerprint density at radius 2 is 1.63 bits per heavy atom. The summed E-state index contributed by atoms with van der Waals surface area (Å²) in [5, 5.41) is 0. The van der Waals surface area contributed by atoms with E-state index < -0.39 is 0 Å². The SMILES string of the molecule is C=COC(C)COc1ccc(-c2ccccc2)cc1. The maximum atomic E-state index is 5.64. The molecule has 98 valence electrons. The van der Waals surface area contributed by atoms with E-state index >= 15 is 0 Å². The summed E-state index contributed by atoms with van der Waals surface area (Å²) in [7, 11) is 0. The lowest BCUT2D eigenvalue weighted by molar-refractivity contribution is 0.103. The van der Waals surface area contributed by atoms with Crippen LogP contribution in [0.25, 0.3) is 11.1 Å². The maximum absolute atomic E-state index is 5.64. The molecule has 2 nitrogen and oxygen atoms in total. The van der Waals surface area contributed by atoms with E-state index in [0.717, 1.165) is 5.75 Å². The molecular formula is C17H18O2. The molecule has 2 aromatic carbocycles. The highest BCUT2D eigenvalue weighted by atomic mass is 16.5. The molecule has 0 aliphatic heterocycles. The van der Waals surface area contributed by atoms with Crippen LogP contribution in [0.3, 0.4) is 0 Å². The predicted molar refractivity (Wildman–Crippen MR) is 78.1 cm³/mol. The molecule has 0 spiro atoms. The fraction of sp³-hybridized carbons (Fsp3) is 0.176. The molecule has 2 aromatic rings. The van der Waals surface area contributed by atoms with E-state index in [0.29, 0.717) is 6.61 Å². The van der Waals surface area contributed by atoms with Crippen LogP contribution in [-0.4, -0.2) is 12.7 Å². The van der Waals surface area contributed by atoms with Crippen molar-refractivity contribution in [2.75, 3.05) is 6.61 Å². The quantitative estimate of drug-likeness (QED) is 0.716. The lowest BCUT2D eigenvalue weighted by Crippen LogP contribution is -2.15. The van der Waals surface area contributed by atoms with Gasteiger partial charge in [-0.3, -0.25) is 0 Å². The minimum Gasteiger partial charge on any atom is -0.495 e. The molecule has 0 N–H and O–H groups in total. The summed E-state index contributed by atoms with van der Waals surface area (Å²) in [6.45, 7) is 5.98. The second-order valence-corrected chi connectivity index (χ2v) is 4.31. The van der Waals surface area contributed by atoms with Gasteiger partial charge >= 0.3 is 0 Å². The zero-order chi connectivity index (χ0) is 13.5. The van der Waals surface area contributed by atoms with Gasteiger partial charge in [0, 0.05) is 0 Å². The molecule has 2 rings (SSSR count). The Balaban J connectivity index is 1.97. The summed E-state index contributed by atoms with van der Waals surface area (Å²) in [5.74, 6) is 0.846. The highest BCUT2D eigenvalue weighted by Gasteiger charge is 2.02. The van der Waals surface area contributed by atoms with Crippen molar-refractivity contribution >= 4 is 0 Å². The number of rotatable bonds is 6. The second kappa shape index (κ2) is 6.64. The van der Waals surface area contributed by atoms with Crippen molar-refractivity contribution in [2.24, 2.45) is 0 Å². The highest BCUT2D eigenvalue weighted by molar-refractivity contribution is 5.63. The first-order chi connectivity index (χ1) is 9.29. The van der Waals surface area contributed by atoms with Gasteiger partial charge in [-0.2, -0.15) is 0 Å². The monoisotopic (exact) mass is 254 g/mol. The van der Waals surface area contributed by atoms with Crippen molar-refractivity contribution in [1.29, 1.82) is 0 Å².